The van der Waals surface area contributed by atoms with Crippen LogP contribution in [0.4, 0.5) is 9.18 Å². The number of nitrogens with one attached hydrogen (secondary N) is 2. The van der Waals surface area contributed by atoms with Crippen LogP contribution in [-0.2, 0) is 6.54 Å². The second kappa shape index (κ2) is 8.01. The number of urea groups is 1. The summed E-state index contributed by atoms with van der Waals surface area (Å²) in [7, 11) is 4.73. The van der Waals surface area contributed by atoms with E-state index in [2.05, 4.69) is 10.6 Å². The SMILES string of the molecule is CNC(=O)N1C[C@@H](F)C[C@@H](NCc2ccc(OC)c(OC)c2)C1. The number of rotatable bonds is 5. The zero-order chi connectivity index (χ0) is 16.8. The number of likely N-dealkylation sites (tertiary alicyclic amines) is 1. The second-order valence-electron chi connectivity index (χ2n) is 5.56. The number of methoxy groups -OCH3 is 2. The number of halogens is 1. The van der Waals surface area contributed by atoms with Gasteiger partial charge < -0.3 is 25.0 Å². The lowest BCUT2D eigenvalue weighted by atomic mass is 10.0. The van der Waals surface area contributed by atoms with Crippen molar-refractivity contribution < 1.29 is 18.7 Å². The minimum atomic E-state index is -1.01. The molecule has 0 spiro atoms. The van der Waals surface area contributed by atoms with Gasteiger partial charge >= 0.3 is 6.03 Å². The quantitative estimate of drug-likeness (QED) is 0.862. The van der Waals surface area contributed by atoms with Crippen LogP contribution in [-0.4, -0.2) is 57.5 Å². The highest BCUT2D eigenvalue weighted by Crippen LogP contribution is 2.27. The third-order valence-electron chi connectivity index (χ3n) is 3.94. The molecule has 1 aliphatic heterocycles. The van der Waals surface area contributed by atoms with Crippen LogP contribution in [0.3, 0.4) is 0 Å². The van der Waals surface area contributed by atoms with Crippen LogP contribution in [0.1, 0.15) is 12.0 Å². The molecule has 0 radical (unpaired) electrons. The predicted molar refractivity (Wildman–Crippen MR) is 85.7 cm³/mol. The van der Waals surface area contributed by atoms with E-state index >= 15 is 0 Å². The maximum Gasteiger partial charge on any atom is 0.317 e. The maximum atomic E-state index is 13.8. The minimum absolute atomic E-state index is 0.0795. The first-order chi connectivity index (χ1) is 11.1. The summed E-state index contributed by atoms with van der Waals surface area (Å²) in [4.78, 5) is 13.2. The summed E-state index contributed by atoms with van der Waals surface area (Å²) in [5, 5.41) is 5.85. The highest BCUT2D eigenvalue weighted by atomic mass is 19.1. The van der Waals surface area contributed by atoms with Crippen LogP contribution >= 0.6 is 0 Å². The molecule has 0 aliphatic carbocycles. The zero-order valence-corrected chi connectivity index (χ0v) is 13.8. The number of benzene rings is 1. The molecule has 0 unspecified atom stereocenters. The standard InChI is InChI=1S/C16H24FN3O3/c1-18-16(21)20-9-12(17)7-13(10-20)19-8-11-4-5-14(22-2)15(6-11)23-3/h4-6,12-13,19H,7-10H2,1-3H3,(H,18,21)/t12-,13+/m0/s1. The van der Waals surface area contributed by atoms with Gasteiger partial charge in [0, 0.05) is 26.2 Å². The van der Waals surface area contributed by atoms with Gasteiger partial charge in [0.05, 0.1) is 20.8 Å². The monoisotopic (exact) mass is 325 g/mol. The van der Waals surface area contributed by atoms with E-state index in [-0.39, 0.29) is 18.6 Å². The average molecular weight is 325 g/mol. The number of alkyl halides is 1. The van der Waals surface area contributed by atoms with E-state index in [1.54, 1.807) is 21.3 Å². The number of hydrogen-bond donors (Lipinski definition) is 2. The molecular formula is C16H24FN3O3. The lowest BCUT2D eigenvalue weighted by Crippen LogP contribution is -2.53. The van der Waals surface area contributed by atoms with Gasteiger partial charge in [-0.05, 0) is 24.1 Å². The van der Waals surface area contributed by atoms with Crippen LogP contribution in [0, 0.1) is 0 Å². The van der Waals surface area contributed by atoms with Gasteiger partial charge in [-0.3, -0.25) is 0 Å². The summed E-state index contributed by atoms with van der Waals surface area (Å²) < 4.78 is 24.3. The largest absolute Gasteiger partial charge is 0.493 e. The molecule has 23 heavy (non-hydrogen) atoms. The number of carbonyl (C=O) groups excluding carboxylic acids is 1. The fraction of sp³-hybridized carbons (Fsp3) is 0.562. The van der Waals surface area contributed by atoms with E-state index in [9.17, 15) is 9.18 Å². The second-order valence-corrected chi connectivity index (χ2v) is 5.56. The lowest BCUT2D eigenvalue weighted by Gasteiger charge is -2.35. The van der Waals surface area contributed by atoms with E-state index < -0.39 is 6.17 Å². The van der Waals surface area contributed by atoms with Crippen molar-refractivity contribution >= 4 is 6.03 Å². The van der Waals surface area contributed by atoms with Crippen molar-refractivity contribution in [3.05, 3.63) is 23.8 Å². The van der Waals surface area contributed by atoms with Crippen molar-refractivity contribution in [1.29, 1.82) is 0 Å². The Hall–Kier alpha value is -2.02. The summed E-state index contributed by atoms with van der Waals surface area (Å²) in [6, 6.07) is 5.33. The fourth-order valence-corrected chi connectivity index (χ4v) is 2.76. The van der Waals surface area contributed by atoms with Gasteiger partial charge in [0.25, 0.3) is 0 Å². The van der Waals surface area contributed by atoms with Gasteiger partial charge in [0.15, 0.2) is 11.5 Å². The third kappa shape index (κ3) is 4.48. The summed E-state index contributed by atoms with van der Waals surface area (Å²) in [5.41, 5.74) is 1.01. The van der Waals surface area contributed by atoms with Gasteiger partial charge in [-0.1, -0.05) is 6.07 Å². The molecule has 1 fully saturated rings. The Labute approximate surface area is 135 Å². The molecule has 1 saturated heterocycles. The number of hydrogen-bond acceptors (Lipinski definition) is 4. The fourth-order valence-electron chi connectivity index (χ4n) is 2.76. The Bertz CT molecular complexity index is 541. The first-order valence-corrected chi connectivity index (χ1v) is 7.62. The van der Waals surface area contributed by atoms with E-state index in [0.29, 0.717) is 31.0 Å². The highest BCUT2D eigenvalue weighted by molar-refractivity contribution is 5.74. The van der Waals surface area contributed by atoms with Crippen LogP contribution in [0.2, 0.25) is 0 Å². The van der Waals surface area contributed by atoms with Gasteiger partial charge in [-0.15, -0.1) is 0 Å². The Kier molecular flexibility index (Phi) is 6.04. The molecular weight excluding hydrogens is 301 g/mol. The van der Waals surface area contributed by atoms with Crippen LogP contribution in [0.25, 0.3) is 0 Å². The number of amides is 2. The molecule has 1 aromatic rings. The van der Waals surface area contributed by atoms with E-state index in [4.69, 9.17) is 9.47 Å². The van der Waals surface area contributed by atoms with Crippen molar-refractivity contribution in [2.45, 2.75) is 25.2 Å². The smallest absolute Gasteiger partial charge is 0.317 e. The molecule has 2 N–H and O–H groups in total. The summed E-state index contributed by atoms with van der Waals surface area (Å²) >= 11 is 0. The first-order valence-electron chi connectivity index (χ1n) is 7.62. The van der Waals surface area contributed by atoms with Crippen molar-refractivity contribution in [2.75, 3.05) is 34.4 Å². The maximum absolute atomic E-state index is 13.8. The third-order valence-corrected chi connectivity index (χ3v) is 3.94. The number of piperidine rings is 1. The molecule has 2 atom stereocenters. The molecule has 1 aromatic carbocycles. The van der Waals surface area contributed by atoms with Crippen LogP contribution in [0.5, 0.6) is 11.5 Å². The van der Waals surface area contributed by atoms with E-state index in [1.807, 2.05) is 18.2 Å². The zero-order valence-electron chi connectivity index (χ0n) is 13.8. The summed E-state index contributed by atoms with van der Waals surface area (Å²) in [5.74, 6) is 1.33. The van der Waals surface area contributed by atoms with Crippen LogP contribution in [0.15, 0.2) is 18.2 Å². The Morgan fingerprint density at radius 2 is 2.04 bits per heavy atom. The number of nitrogens with zero attached hydrogens (tertiary/aromatic N) is 1. The molecule has 2 amide bonds. The Balaban J connectivity index is 1.95. The molecule has 2 rings (SSSR count). The van der Waals surface area contributed by atoms with Crippen LogP contribution < -0.4 is 20.1 Å². The Morgan fingerprint density at radius 1 is 1.30 bits per heavy atom. The molecule has 7 heteroatoms. The van der Waals surface area contributed by atoms with Gasteiger partial charge in [-0.25, -0.2) is 9.18 Å². The molecule has 0 saturated carbocycles. The molecule has 1 heterocycles. The number of carbonyl (C=O) groups is 1. The topological polar surface area (TPSA) is 62.8 Å². The Morgan fingerprint density at radius 3 is 2.70 bits per heavy atom. The van der Waals surface area contributed by atoms with Gasteiger partial charge in [-0.2, -0.15) is 0 Å². The summed E-state index contributed by atoms with van der Waals surface area (Å²) in [6.45, 7) is 1.21. The normalized spacial score (nSPS) is 21.0. The lowest BCUT2D eigenvalue weighted by molar-refractivity contribution is 0.123. The van der Waals surface area contributed by atoms with Crippen molar-refractivity contribution in [3.63, 3.8) is 0 Å². The summed E-state index contributed by atoms with van der Waals surface area (Å²) in [6.07, 6.45) is -0.607. The van der Waals surface area contributed by atoms with Gasteiger partial charge in [0.2, 0.25) is 0 Å². The van der Waals surface area contributed by atoms with E-state index in [0.717, 1.165) is 5.56 Å². The first kappa shape index (κ1) is 17.3. The molecule has 6 nitrogen and oxygen atoms in total. The predicted octanol–water partition coefficient (Wildman–Crippen LogP) is 1.55. The highest BCUT2D eigenvalue weighted by Gasteiger charge is 2.29. The van der Waals surface area contributed by atoms with Gasteiger partial charge in [0.1, 0.15) is 6.17 Å². The van der Waals surface area contributed by atoms with E-state index in [1.165, 1.54) is 4.90 Å². The molecule has 1 aliphatic rings. The minimum Gasteiger partial charge on any atom is -0.493 e. The molecule has 0 aromatic heterocycles. The number of ether oxygens (including phenoxy) is 2. The average Bonchev–Trinajstić information content (AvgIpc) is 2.58. The molecule has 0 bridgehead atoms. The van der Waals surface area contributed by atoms with Crippen molar-refractivity contribution in [2.24, 2.45) is 0 Å². The van der Waals surface area contributed by atoms with Crippen molar-refractivity contribution in [1.82, 2.24) is 15.5 Å². The molecule has 128 valence electrons. The van der Waals surface area contributed by atoms with Crippen molar-refractivity contribution in [3.8, 4) is 11.5 Å².